The molecule has 0 aliphatic carbocycles. The first-order valence-corrected chi connectivity index (χ1v) is 7.03. The van der Waals surface area contributed by atoms with Crippen LogP contribution in [-0.2, 0) is 10.8 Å². The van der Waals surface area contributed by atoms with Crippen molar-refractivity contribution in [2.24, 2.45) is 0 Å². The number of aromatic hydroxyl groups is 1. The number of hydrogen-bond donors (Lipinski definition) is 1. The van der Waals surface area contributed by atoms with Gasteiger partial charge in [-0.2, -0.15) is 0 Å². The summed E-state index contributed by atoms with van der Waals surface area (Å²) in [5.74, 6) is 2.44. The van der Waals surface area contributed by atoms with Crippen molar-refractivity contribution >= 4 is 5.78 Å². The molecular formula is C19H24O2. The summed E-state index contributed by atoms with van der Waals surface area (Å²) < 4.78 is 0. The Morgan fingerprint density at radius 2 is 1.52 bits per heavy atom. The van der Waals surface area contributed by atoms with Crippen LogP contribution in [0.2, 0.25) is 0 Å². The minimum Gasteiger partial charge on any atom is -0.507 e. The number of phenolic OH excluding ortho intramolecular Hbond substituents is 1. The van der Waals surface area contributed by atoms with Crippen molar-refractivity contribution in [3.63, 3.8) is 0 Å². The Hall–Kier alpha value is -2.01. The van der Waals surface area contributed by atoms with Crippen molar-refractivity contribution in [2.45, 2.75) is 52.4 Å². The molecule has 2 nitrogen and oxygen atoms in total. The highest BCUT2D eigenvalue weighted by atomic mass is 16.3. The van der Waals surface area contributed by atoms with Gasteiger partial charge in [-0.25, -0.2) is 0 Å². The van der Waals surface area contributed by atoms with Gasteiger partial charge in [0.2, 0.25) is 0 Å². The predicted octanol–water partition coefficient (Wildman–Crippen LogP) is 4.36. The van der Waals surface area contributed by atoms with E-state index in [0.29, 0.717) is 5.56 Å². The largest absolute Gasteiger partial charge is 0.507 e. The number of terminal acetylenes is 1. The molecular weight excluding hydrogens is 260 g/mol. The number of allylic oxidation sites excluding steroid dienone is 2. The van der Waals surface area contributed by atoms with E-state index in [2.05, 4.69) is 5.92 Å². The zero-order valence-corrected chi connectivity index (χ0v) is 13.7. The van der Waals surface area contributed by atoms with Crippen molar-refractivity contribution in [3.8, 4) is 18.1 Å². The molecule has 1 aromatic carbocycles. The number of rotatable bonds is 2. The van der Waals surface area contributed by atoms with Gasteiger partial charge in [0.25, 0.3) is 0 Å². The lowest BCUT2D eigenvalue weighted by Gasteiger charge is -2.27. The molecule has 0 spiro atoms. The SMILES string of the molecule is C#C/C=C/C(=O)c1cc(C(C)(C)C)c(O)c(C(C)(C)C)c1. The van der Waals surface area contributed by atoms with Crippen LogP contribution in [0.5, 0.6) is 5.75 Å². The fourth-order valence-corrected chi connectivity index (χ4v) is 2.14. The van der Waals surface area contributed by atoms with Crippen LogP contribution >= 0.6 is 0 Å². The minimum atomic E-state index is -0.254. The monoisotopic (exact) mass is 284 g/mol. The van der Waals surface area contributed by atoms with E-state index in [1.165, 1.54) is 12.2 Å². The molecule has 0 atom stereocenters. The van der Waals surface area contributed by atoms with E-state index in [1.54, 1.807) is 12.1 Å². The standard InChI is InChI=1S/C19H24O2/c1-8-9-10-16(20)13-11-14(18(2,3)4)17(21)15(12-13)19(5,6)7/h1,9-12,21H,2-7H3/b10-9+. The topological polar surface area (TPSA) is 37.3 Å². The van der Waals surface area contributed by atoms with Gasteiger partial charge < -0.3 is 5.11 Å². The molecule has 0 aliphatic rings. The van der Waals surface area contributed by atoms with Gasteiger partial charge in [-0.15, -0.1) is 6.42 Å². The first-order valence-electron chi connectivity index (χ1n) is 7.03. The van der Waals surface area contributed by atoms with Crippen molar-refractivity contribution in [2.75, 3.05) is 0 Å². The smallest absolute Gasteiger partial charge is 0.186 e. The summed E-state index contributed by atoms with van der Waals surface area (Å²) in [7, 11) is 0. The fraction of sp³-hybridized carbons (Fsp3) is 0.421. The second-order valence-electron chi connectivity index (χ2n) is 7.28. The highest BCUT2D eigenvalue weighted by molar-refractivity contribution is 6.05. The van der Waals surface area contributed by atoms with E-state index in [9.17, 15) is 9.90 Å². The highest BCUT2D eigenvalue weighted by Crippen LogP contribution is 2.39. The summed E-state index contributed by atoms with van der Waals surface area (Å²) in [6.07, 6.45) is 7.92. The molecule has 21 heavy (non-hydrogen) atoms. The van der Waals surface area contributed by atoms with Crippen LogP contribution in [0.3, 0.4) is 0 Å². The van der Waals surface area contributed by atoms with Gasteiger partial charge in [-0.3, -0.25) is 4.79 Å². The molecule has 0 saturated heterocycles. The first kappa shape index (κ1) is 17.0. The van der Waals surface area contributed by atoms with E-state index >= 15 is 0 Å². The summed E-state index contributed by atoms with van der Waals surface area (Å²) in [5.41, 5.74) is 1.58. The Balaban J connectivity index is 3.60. The molecule has 0 radical (unpaired) electrons. The summed E-state index contributed by atoms with van der Waals surface area (Å²) in [5, 5.41) is 10.6. The molecule has 1 aromatic rings. The van der Waals surface area contributed by atoms with Gasteiger partial charge in [0, 0.05) is 16.7 Å². The van der Waals surface area contributed by atoms with Crippen LogP contribution in [0, 0.1) is 12.3 Å². The molecule has 1 rings (SSSR count). The second-order valence-corrected chi connectivity index (χ2v) is 7.28. The minimum absolute atomic E-state index is 0.149. The third-order valence-electron chi connectivity index (χ3n) is 3.34. The number of hydrogen-bond acceptors (Lipinski definition) is 2. The lowest BCUT2D eigenvalue weighted by Crippen LogP contribution is -2.18. The van der Waals surface area contributed by atoms with Crippen LogP contribution in [0.1, 0.15) is 63.0 Å². The van der Waals surface area contributed by atoms with E-state index in [0.717, 1.165) is 11.1 Å². The molecule has 112 valence electrons. The van der Waals surface area contributed by atoms with Crippen molar-refractivity contribution < 1.29 is 9.90 Å². The van der Waals surface area contributed by atoms with Crippen LogP contribution in [0.4, 0.5) is 0 Å². The Morgan fingerprint density at radius 1 is 1.10 bits per heavy atom. The molecule has 0 fully saturated rings. The predicted molar refractivity (Wildman–Crippen MR) is 87.8 cm³/mol. The van der Waals surface area contributed by atoms with Crippen LogP contribution in [0.15, 0.2) is 24.3 Å². The van der Waals surface area contributed by atoms with E-state index < -0.39 is 0 Å². The maximum absolute atomic E-state index is 12.2. The van der Waals surface area contributed by atoms with Gasteiger partial charge in [0.15, 0.2) is 5.78 Å². The van der Waals surface area contributed by atoms with Gasteiger partial charge in [0.05, 0.1) is 0 Å². The molecule has 0 bridgehead atoms. The molecule has 1 N–H and O–H groups in total. The molecule has 2 heteroatoms. The fourth-order valence-electron chi connectivity index (χ4n) is 2.14. The van der Waals surface area contributed by atoms with Gasteiger partial charge in [-0.05, 0) is 35.1 Å². The Bertz CT molecular complexity index is 579. The molecule has 0 heterocycles. The lowest BCUT2D eigenvalue weighted by atomic mass is 9.78. The van der Waals surface area contributed by atoms with Crippen molar-refractivity contribution in [3.05, 3.63) is 41.0 Å². The summed E-state index contributed by atoms with van der Waals surface area (Å²) in [6.45, 7) is 12.1. The zero-order chi connectivity index (χ0) is 16.4. The molecule has 0 aliphatic heterocycles. The Kier molecular flexibility index (Phi) is 4.69. The van der Waals surface area contributed by atoms with Crippen molar-refractivity contribution in [1.82, 2.24) is 0 Å². The summed E-state index contributed by atoms with van der Waals surface area (Å²) in [6, 6.07) is 3.52. The second kappa shape index (κ2) is 5.77. The number of ketones is 1. The molecule has 0 aromatic heterocycles. The third kappa shape index (κ3) is 3.98. The Morgan fingerprint density at radius 3 is 1.86 bits per heavy atom. The quantitative estimate of drug-likeness (QED) is 0.498. The number of carbonyl (C=O) groups is 1. The lowest BCUT2D eigenvalue weighted by molar-refractivity contribution is 0.104. The van der Waals surface area contributed by atoms with Crippen LogP contribution in [0.25, 0.3) is 0 Å². The average molecular weight is 284 g/mol. The van der Waals surface area contributed by atoms with Crippen molar-refractivity contribution in [1.29, 1.82) is 0 Å². The maximum atomic E-state index is 12.2. The molecule has 0 unspecified atom stereocenters. The molecule has 0 saturated carbocycles. The average Bonchev–Trinajstić information content (AvgIpc) is 2.33. The number of phenols is 1. The zero-order valence-electron chi connectivity index (χ0n) is 13.7. The molecule has 0 amide bonds. The van der Waals surface area contributed by atoms with E-state index in [1.807, 2.05) is 41.5 Å². The summed E-state index contributed by atoms with van der Waals surface area (Å²) >= 11 is 0. The van der Waals surface area contributed by atoms with Crippen LogP contribution < -0.4 is 0 Å². The van der Waals surface area contributed by atoms with E-state index in [-0.39, 0.29) is 22.4 Å². The highest BCUT2D eigenvalue weighted by Gasteiger charge is 2.27. The van der Waals surface area contributed by atoms with Gasteiger partial charge >= 0.3 is 0 Å². The first-order chi connectivity index (χ1) is 9.48. The number of carbonyl (C=O) groups excluding carboxylic acids is 1. The number of benzene rings is 1. The van der Waals surface area contributed by atoms with Crippen LogP contribution in [-0.4, -0.2) is 10.9 Å². The summed E-state index contributed by atoms with van der Waals surface area (Å²) in [4.78, 5) is 12.2. The Labute approximate surface area is 127 Å². The normalized spacial score (nSPS) is 12.4. The maximum Gasteiger partial charge on any atom is 0.186 e. The van der Waals surface area contributed by atoms with Gasteiger partial charge in [-0.1, -0.05) is 47.5 Å². The van der Waals surface area contributed by atoms with E-state index in [4.69, 9.17) is 6.42 Å². The van der Waals surface area contributed by atoms with Gasteiger partial charge in [0.1, 0.15) is 5.75 Å². The third-order valence-corrected chi connectivity index (χ3v) is 3.34.